The fourth-order valence-electron chi connectivity index (χ4n) is 3.41. The molecule has 1 amide bonds. The van der Waals surface area contributed by atoms with Crippen LogP contribution in [0.25, 0.3) is 10.9 Å². The molecule has 1 N–H and O–H groups in total. The van der Waals surface area contributed by atoms with Crippen molar-refractivity contribution in [2.45, 2.75) is 6.54 Å². The summed E-state index contributed by atoms with van der Waals surface area (Å²) in [5.41, 5.74) is 2.29. The standard InChI is InChI=1S/C16H18N2O2/c1-18(16(19)15-12-8-20-9-13(12)15)7-10-2-3-11-4-5-17-14(11)6-10/h2-6,12-13,15,17H,7-9H2,1H3/t12-,13+,15?. The second kappa shape index (κ2) is 4.35. The van der Waals surface area contributed by atoms with Crippen molar-refractivity contribution in [3.05, 3.63) is 36.0 Å². The van der Waals surface area contributed by atoms with Gasteiger partial charge in [0.25, 0.3) is 0 Å². The normalized spacial score (nSPS) is 27.6. The molecule has 2 aliphatic rings. The van der Waals surface area contributed by atoms with Crippen LogP contribution in [0.15, 0.2) is 30.5 Å². The Morgan fingerprint density at radius 1 is 1.35 bits per heavy atom. The van der Waals surface area contributed by atoms with Gasteiger partial charge >= 0.3 is 0 Å². The van der Waals surface area contributed by atoms with E-state index in [1.807, 2.05) is 18.1 Å². The largest absolute Gasteiger partial charge is 0.381 e. The number of rotatable bonds is 3. The second-order valence-corrected chi connectivity index (χ2v) is 5.98. The number of hydrogen-bond acceptors (Lipinski definition) is 2. The van der Waals surface area contributed by atoms with E-state index in [1.54, 1.807) is 0 Å². The van der Waals surface area contributed by atoms with Gasteiger partial charge in [0, 0.05) is 31.2 Å². The molecule has 1 saturated heterocycles. The van der Waals surface area contributed by atoms with Crippen molar-refractivity contribution < 1.29 is 9.53 Å². The lowest BCUT2D eigenvalue weighted by molar-refractivity contribution is -0.133. The third kappa shape index (κ3) is 1.83. The Hall–Kier alpha value is -1.81. The molecule has 20 heavy (non-hydrogen) atoms. The number of amides is 1. The van der Waals surface area contributed by atoms with Gasteiger partial charge in [-0.2, -0.15) is 0 Å². The van der Waals surface area contributed by atoms with Gasteiger partial charge in [-0.3, -0.25) is 4.79 Å². The number of fused-ring (bicyclic) bond motifs is 2. The Morgan fingerprint density at radius 2 is 2.15 bits per heavy atom. The first-order chi connectivity index (χ1) is 9.74. The molecule has 0 radical (unpaired) electrons. The number of aromatic nitrogens is 1. The van der Waals surface area contributed by atoms with E-state index in [0.717, 1.165) is 24.3 Å². The molecule has 3 atom stereocenters. The zero-order valence-electron chi connectivity index (χ0n) is 11.5. The van der Waals surface area contributed by atoms with E-state index in [9.17, 15) is 4.79 Å². The molecule has 0 spiro atoms. The van der Waals surface area contributed by atoms with Crippen molar-refractivity contribution in [1.29, 1.82) is 0 Å². The second-order valence-electron chi connectivity index (χ2n) is 5.98. The lowest BCUT2D eigenvalue weighted by Crippen LogP contribution is -2.29. The van der Waals surface area contributed by atoms with Crippen LogP contribution in [0.5, 0.6) is 0 Å². The summed E-state index contributed by atoms with van der Waals surface area (Å²) < 4.78 is 5.35. The summed E-state index contributed by atoms with van der Waals surface area (Å²) in [6, 6.07) is 8.37. The van der Waals surface area contributed by atoms with Crippen LogP contribution in [0.4, 0.5) is 0 Å². The van der Waals surface area contributed by atoms with Gasteiger partial charge in [-0.1, -0.05) is 12.1 Å². The Morgan fingerprint density at radius 3 is 2.95 bits per heavy atom. The molecule has 4 nitrogen and oxygen atoms in total. The van der Waals surface area contributed by atoms with Crippen LogP contribution < -0.4 is 0 Å². The molecule has 1 saturated carbocycles. The molecule has 1 unspecified atom stereocenters. The van der Waals surface area contributed by atoms with Gasteiger partial charge in [0.05, 0.1) is 13.2 Å². The maximum Gasteiger partial charge on any atom is 0.226 e. The summed E-state index contributed by atoms with van der Waals surface area (Å²) in [6.07, 6.45) is 1.94. The van der Waals surface area contributed by atoms with Crippen LogP contribution in [-0.4, -0.2) is 36.1 Å². The Kier molecular flexibility index (Phi) is 2.60. The highest BCUT2D eigenvalue weighted by atomic mass is 16.5. The molecule has 104 valence electrons. The first-order valence-electron chi connectivity index (χ1n) is 7.13. The van der Waals surface area contributed by atoms with E-state index in [0.29, 0.717) is 18.4 Å². The van der Waals surface area contributed by atoms with Crippen molar-refractivity contribution in [1.82, 2.24) is 9.88 Å². The van der Waals surface area contributed by atoms with Crippen molar-refractivity contribution in [2.24, 2.45) is 17.8 Å². The topological polar surface area (TPSA) is 45.3 Å². The van der Waals surface area contributed by atoms with Gasteiger partial charge in [-0.15, -0.1) is 0 Å². The molecule has 1 aliphatic heterocycles. The van der Waals surface area contributed by atoms with Gasteiger partial charge in [0.2, 0.25) is 5.91 Å². The van der Waals surface area contributed by atoms with E-state index in [2.05, 4.69) is 29.2 Å². The predicted molar refractivity (Wildman–Crippen MR) is 76.1 cm³/mol. The molecule has 1 aromatic heterocycles. The maximum atomic E-state index is 12.4. The summed E-state index contributed by atoms with van der Waals surface area (Å²) in [5, 5.41) is 1.21. The Bertz CT molecular complexity index is 653. The molecule has 1 aliphatic carbocycles. The molecule has 4 rings (SSSR count). The minimum atomic E-state index is 0.211. The predicted octanol–water partition coefficient (Wildman–Crippen LogP) is 2.02. The number of nitrogens with zero attached hydrogens (tertiary/aromatic N) is 1. The quantitative estimate of drug-likeness (QED) is 0.927. The molecule has 1 aromatic carbocycles. The number of carbonyl (C=O) groups excluding carboxylic acids is 1. The van der Waals surface area contributed by atoms with E-state index < -0.39 is 0 Å². The summed E-state index contributed by atoms with van der Waals surface area (Å²) in [7, 11) is 1.90. The van der Waals surface area contributed by atoms with Crippen molar-refractivity contribution in [3.63, 3.8) is 0 Å². The molecular weight excluding hydrogens is 252 g/mol. The van der Waals surface area contributed by atoms with E-state index >= 15 is 0 Å². The fourth-order valence-corrected chi connectivity index (χ4v) is 3.41. The lowest BCUT2D eigenvalue weighted by atomic mass is 10.1. The highest BCUT2D eigenvalue weighted by Crippen LogP contribution is 2.51. The third-order valence-electron chi connectivity index (χ3n) is 4.65. The Labute approximate surface area is 117 Å². The summed E-state index contributed by atoms with van der Waals surface area (Å²) in [5.74, 6) is 1.45. The molecule has 2 aromatic rings. The average molecular weight is 270 g/mol. The van der Waals surface area contributed by atoms with Gasteiger partial charge in [-0.05, 0) is 34.9 Å². The minimum Gasteiger partial charge on any atom is -0.381 e. The summed E-state index contributed by atoms with van der Waals surface area (Å²) in [6.45, 7) is 2.21. The van der Waals surface area contributed by atoms with E-state index in [-0.39, 0.29) is 11.8 Å². The number of ether oxygens (including phenoxy) is 1. The van der Waals surface area contributed by atoms with Gasteiger partial charge in [0.1, 0.15) is 0 Å². The molecule has 4 heteroatoms. The first-order valence-corrected chi connectivity index (χ1v) is 7.13. The number of aromatic amines is 1. The van der Waals surface area contributed by atoms with Crippen LogP contribution in [0, 0.1) is 17.8 Å². The number of nitrogens with one attached hydrogen (secondary N) is 1. The van der Waals surface area contributed by atoms with Crippen molar-refractivity contribution in [2.75, 3.05) is 20.3 Å². The maximum absolute atomic E-state index is 12.4. The van der Waals surface area contributed by atoms with Crippen LogP contribution in [0.3, 0.4) is 0 Å². The SMILES string of the molecule is CN(Cc1ccc2cc[nH]c2c1)C(=O)C1[C@H]2COC[C@@H]12. The number of H-pyrrole nitrogens is 1. The Balaban J connectivity index is 1.46. The smallest absolute Gasteiger partial charge is 0.226 e. The van der Waals surface area contributed by atoms with Gasteiger partial charge in [0.15, 0.2) is 0 Å². The molecule has 2 fully saturated rings. The van der Waals surface area contributed by atoms with Crippen LogP contribution >= 0.6 is 0 Å². The highest BCUT2D eigenvalue weighted by Gasteiger charge is 2.58. The third-order valence-corrected chi connectivity index (χ3v) is 4.65. The van der Waals surface area contributed by atoms with Crippen LogP contribution in [0.2, 0.25) is 0 Å². The minimum absolute atomic E-state index is 0.211. The van der Waals surface area contributed by atoms with Crippen molar-refractivity contribution in [3.8, 4) is 0 Å². The molecule has 2 heterocycles. The zero-order chi connectivity index (χ0) is 13.7. The number of hydrogen-bond donors (Lipinski definition) is 1. The monoisotopic (exact) mass is 270 g/mol. The fraction of sp³-hybridized carbons (Fsp3) is 0.438. The molecular formula is C16H18N2O2. The number of carbonyl (C=O) groups is 1. The first kappa shape index (κ1) is 12.0. The summed E-state index contributed by atoms with van der Waals surface area (Å²) in [4.78, 5) is 17.5. The lowest BCUT2D eigenvalue weighted by Gasteiger charge is -2.18. The zero-order valence-corrected chi connectivity index (χ0v) is 11.5. The van der Waals surface area contributed by atoms with Crippen LogP contribution in [-0.2, 0) is 16.1 Å². The highest BCUT2D eigenvalue weighted by molar-refractivity contribution is 5.83. The summed E-state index contributed by atoms with van der Waals surface area (Å²) >= 11 is 0. The van der Waals surface area contributed by atoms with E-state index in [1.165, 1.54) is 5.39 Å². The van der Waals surface area contributed by atoms with Gasteiger partial charge in [-0.25, -0.2) is 0 Å². The number of benzene rings is 1. The average Bonchev–Trinajstić information content (AvgIpc) is 2.86. The van der Waals surface area contributed by atoms with E-state index in [4.69, 9.17) is 4.74 Å². The van der Waals surface area contributed by atoms with Crippen LogP contribution in [0.1, 0.15) is 5.56 Å². The van der Waals surface area contributed by atoms with Gasteiger partial charge < -0.3 is 14.6 Å². The van der Waals surface area contributed by atoms with Crippen molar-refractivity contribution >= 4 is 16.8 Å². The molecule has 0 bridgehead atoms.